The Kier molecular flexibility index (Phi) is 5.44. The van der Waals surface area contributed by atoms with Gasteiger partial charge in [-0.15, -0.1) is 0 Å². The van der Waals surface area contributed by atoms with E-state index in [2.05, 4.69) is 10.1 Å². The van der Waals surface area contributed by atoms with Gasteiger partial charge in [-0.25, -0.2) is 0 Å². The largest absolute Gasteiger partial charge is 0.493 e. The van der Waals surface area contributed by atoms with Crippen molar-refractivity contribution in [3.05, 3.63) is 59.0 Å². The van der Waals surface area contributed by atoms with E-state index in [0.29, 0.717) is 35.3 Å². The summed E-state index contributed by atoms with van der Waals surface area (Å²) < 4.78 is 16.2. The van der Waals surface area contributed by atoms with Crippen LogP contribution in [0, 0.1) is 13.8 Å². The van der Waals surface area contributed by atoms with Crippen LogP contribution in [-0.2, 0) is 0 Å². The summed E-state index contributed by atoms with van der Waals surface area (Å²) in [5.74, 6) is 2.12. The molecule has 3 aromatic rings. The van der Waals surface area contributed by atoms with E-state index in [1.165, 1.54) is 5.56 Å². The lowest BCUT2D eigenvalue weighted by Gasteiger charge is -2.22. The summed E-state index contributed by atoms with van der Waals surface area (Å²) >= 11 is 0. The number of carbonyl (C=O) groups excluding carboxylic acids is 1. The molecule has 1 aliphatic heterocycles. The van der Waals surface area contributed by atoms with Crippen molar-refractivity contribution in [2.24, 2.45) is 0 Å². The zero-order valence-corrected chi connectivity index (χ0v) is 17.6. The van der Waals surface area contributed by atoms with Gasteiger partial charge >= 0.3 is 0 Å². The van der Waals surface area contributed by atoms with E-state index < -0.39 is 0 Å². The van der Waals surface area contributed by atoms with Gasteiger partial charge in [0.2, 0.25) is 11.7 Å². The lowest BCUT2D eigenvalue weighted by molar-refractivity contribution is 0.0710. The Labute approximate surface area is 175 Å². The smallest absolute Gasteiger partial charge is 0.254 e. The van der Waals surface area contributed by atoms with Crippen LogP contribution in [0.4, 0.5) is 0 Å². The summed E-state index contributed by atoms with van der Waals surface area (Å²) in [7, 11) is 3.17. The Hall–Kier alpha value is -3.35. The summed E-state index contributed by atoms with van der Waals surface area (Å²) in [4.78, 5) is 19.5. The molecule has 30 heavy (non-hydrogen) atoms. The van der Waals surface area contributed by atoms with E-state index in [0.717, 1.165) is 24.0 Å². The highest BCUT2D eigenvalue weighted by atomic mass is 16.5. The maximum absolute atomic E-state index is 13.1. The van der Waals surface area contributed by atoms with Crippen LogP contribution in [0.1, 0.15) is 46.3 Å². The van der Waals surface area contributed by atoms with Gasteiger partial charge in [-0.2, -0.15) is 4.98 Å². The van der Waals surface area contributed by atoms with Crippen LogP contribution in [0.2, 0.25) is 0 Å². The number of likely N-dealkylation sites (tertiary alicyclic amines) is 1. The molecule has 0 unspecified atom stereocenters. The Bertz CT molecular complexity index is 1080. The van der Waals surface area contributed by atoms with Crippen molar-refractivity contribution in [2.45, 2.75) is 32.7 Å². The minimum absolute atomic E-state index is 0.00790. The van der Waals surface area contributed by atoms with Gasteiger partial charge in [0.1, 0.15) is 6.04 Å². The second-order valence-corrected chi connectivity index (χ2v) is 7.48. The molecule has 0 radical (unpaired) electrons. The summed E-state index contributed by atoms with van der Waals surface area (Å²) in [5, 5.41) is 4.13. The number of rotatable bonds is 5. The maximum Gasteiger partial charge on any atom is 0.254 e. The number of ether oxygens (including phenoxy) is 2. The number of methoxy groups -OCH3 is 2. The molecule has 0 aliphatic carbocycles. The zero-order valence-electron chi connectivity index (χ0n) is 17.6. The van der Waals surface area contributed by atoms with E-state index >= 15 is 0 Å². The van der Waals surface area contributed by atoms with Crippen molar-refractivity contribution in [1.82, 2.24) is 15.0 Å². The van der Waals surface area contributed by atoms with Gasteiger partial charge in [0.05, 0.1) is 14.2 Å². The molecule has 4 rings (SSSR count). The third-order valence-electron chi connectivity index (χ3n) is 5.64. The highest BCUT2D eigenvalue weighted by molar-refractivity contribution is 5.95. The van der Waals surface area contributed by atoms with Crippen molar-refractivity contribution in [3.8, 4) is 22.9 Å². The van der Waals surface area contributed by atoms with Crippen LogP contribution in [0.3, 0.4) is 0 Å². The third kappa shape index (κ3) is 3.63. The van der Waals surface area contributed by atoms with Crippen molar-refractivity contribution in [1.29, 1.82) is 0 Å². The van der Waals surface area contributed by atoms with Crippen molar-refractivity contribution < 1.29 is 18.8 Å². The topological polar surface area (TPSA) is 77.7 Å². The highest BCUT2D eigenvalue weighted by Gasteiger charge is 2.34. The SMILES string of the molecule is COc1ccc(-c2noc([C@H]3CCCN3C(=O)c3ccc(C)c(C)c3)n2)cc1OC. The van der Waals surface area contributed by atoms with Gasteiger partial charge in [0, 0.05) is 17.7 Å². The van der Waals surface area contributed by atoms with Gasteiger partial charge in [-0.05, 0) is 68.1 Å². The second-order valence-electron chi connectivity index (χ2n) is 7.48. The molecule has 0 N–H and O–H groups in total. The molecule has 0 spiro atoms. The molecule has 1 amide bonds. The second kappa shape index (κ2) is 8.18. The highest BCUT2D eigenvalue weighted by Crippen LogP contribution is 2.35. The molecule has 0 bridgehead atoms. The van der Waals surface area contributed by atoms with Gasteiger partial charge < -0.3 is 18.9 Å². The number of aromatic nitrogens is 2. The van der Waals surface area contributed by atoms with Crippen LogP contribution in [0.5, 0.6) is 11.5 Å². The molecule has 156 valence electrons. The number of hydrogen-bond acceptors (Lipinski definition) is 6. The van der Waals surface area contributed by atoms with Gasteiger partial charge in [-0.1, -0.05) is 11.2 Å². The van der Waals surface area contributed by atoms with Crippen LogP contribution in [0.15, 0.2) is 40.9 Å². The quantitative estimate of drug-likeness (QED) is 0.626. The molecule has 2 aromatic carbocycles. The Morgan fingerprint density at radius 3 is 2.60 bits per heavy atom. The lowest BCUT2D eigenvalue weighted by atomic mass is 10.1. The van der Waals surface area contributed by atoms with Crippen molar-refractivity contribution >= 4 is 5.91 Å². The molecule has 2 heterocycles. The molecular formula is C23H25N3O4. The first-order valence-corrected chi connectivity index (χ1v) is 9.96. The van der Waals surface area contributed by atoms with E-state index in [-0.39, 0.29) is 11.9 Å². The fraction of sp³-hybridized carbons (Fsp3) is 0.348. The standard InChI is InChI=1S/C23H25N3O4/c1-14-7-8-17(12-15(14)2)23(27)26-11-5-6-18(26)22-24-21(25-30-22)16-9-10-19(28-3)20(13-16)29-4/h7-10,12-13,18H,5-6,11H2,1-4H3/t18-/m1/s1. The molecule has 1 aliphatic rings. The van der Waals surface area contributed by atoms with Crippen LogP contribution >= 0.6 is 0 Å². The summed E-state index contributed by atoms with van der Waals surface area (Å²) in [6, 6.07) is 11.0. The Morgan fingerprint density at radius 1 is 1.07 bits per heavy atom. The zero-order chi connectivity index (χ0) is 21.3. The number of carbonyl (C=O) groups is 1. The van der Waals surface area contributed by atoms with Gasteiger partial charge in [-0.3, -0.25) is 4.79 Å². The lowest BCUT2D eigenvalue weighted by Crippen LogP contribution is -2.30. The van der Waals surface area contributed by atoms with E-state index in [9.17, 15) is 4.79 Å². The normalized spacial score (nSPS) is 16.0. The molecule has 7 heteroatoms. The first kappa shape index (κ1) is 19.9. The predicted octanol–water partition coefficient (Wildman–Crippen LogP) is 4.35. The molecule has 0 saturated carbocycles. The van der Waals surface area contributed by atoms with E-state index in [1.54, 1.807) is 26.4 Å². The Balaban J connectivity index is 1.59. The van der Waals surface area contributed by atoms with Crippen LogP contribution in [0.25, 0.3) is 11.4 Å². The van der Waals surface area contributed by atoms with Crippen molar-refractivity contribution in [2.75, 3.05) is 20.8 Å². The van der Waals surface area contributed by atoms with Crippen LogP contribution in [-0.4, -0.2) is 41.7 Å². The first-order valence-electron chi connectivity index (χ1n) is 9.96. The molecule has 1 fully saturated rings. The molecular weight excluding hydrogens is 382 g/mol. The number of aryl methyl sites for hydroxylation is 2. The maximum atomic E-state index is 13.1. The van der Waals surface area contributed by atoms with Gasteiger partial charge in [0.15, 0.2) is 11.5 Å². The molecule has 1 atom stereocenters. The minimum Gasteiger partial charge on any atom is -0.493 e. The molecule has 1 aromatic heterocycles. The summed E-state index contributed by atoms with van der Waals surface area (Å²) in [6.07, 6.45) is 1.69. The number of nitrogens with zero attached hydrogens (tertiary/aromatic N) is 3. The minimum atomic E-state index is -0.222. The van der Waals surface area contributed by atoms with E-state index in [1.807, 2.05) is 43.0 Å². The first-order chi connectivity index (χ1) is 14.5. The predicted molar refractivity (Wildman–Crippen MR) is 112 cm³/mol. The fourth-order valence-electron chi connectivity index (χ4n) is 3.77. The summed E-state index contributed by atoms with van der Waals surface area (Å²) in [5.41, 5.74) is 3.71. The van der Waals surface area contributed by atoms with Crippen molar-refractivity contribution in [3.63, 3.8) is 0 Å². The Morgan fingerprint density at radius 2 is 1.87 bits per heavy atom. The van der Waals surface area contributed by atoms with E-state index in [4.69, 9.17) is 14.0 Å². The fourth-order valence-corrected chi connectivity index (χ4v) is 3.77. The third-order valence-corrected chi connectivity index (χ3v) is 5.64. The monoisotopic (exact) mass is 407 g/mol. The number of hydrogen-bond donors (Lipinski definition) is 0. The van der Waals surface area contributed by atoms with Crippen LogP contribution < -0.4 is 9.47 Å². The average molecular weight is 407 g/mol. The molecule has 1 saturated heterocycles. The number of benzene rings is 2. The average Bonchev–Trinajstić information content (AvgIpc) is 3.44. The summed E-state index contributed by atoms with van der Waals surface area (Å²) in [6.45, 7) is 4.72. The van der Waals surface area contributed by atoms with Gasteiger partial charge in [0.25, 0.3) is 5.91 Å². The molecule has 7 nitrogen and oxygen atoms in total. The number of amides is 1.